The van der Waals surface area contributed by atoms with Gasteiger partial charge in [0.25, 0.3) is 0 Å². The van der Waals surface area contributed by atoms with Crippen LogP contribution in [0.1, 0.15) is 70.8 Å². The van der Waals surface area contributed by atoms with Crippen molar-refractivity contribution in [1.29, 1.82) is 0 Å². The van der Waals surface area contributed by atoms with Crippen LogP contribution in [0.4, 0.5) is 19.0 Å². The lowest BCUT2D eigenvalue weighted by Crippen LogP contribution is -2.55. The third-order valence-corrected chi connectivity index (χ3v) is 12.9. The summed E-state index contributed by atoms with van der Waals surface area (Å²) in [4.78, 5) is 33.2. The molecule has 5 heterocycles. The van der Waals surface area contributed by atoms with Crippen LogP contribution in [0.2, 0.25) is 0 Å². The molecule has 4 fully saturated rings. The molecule has 2 aromatic carbocycles. The van der Waals surface area contributed by atoms with E-state index < -0.39 is 23.3 Å². The van der Waals surface area contributed by atoms with E-state index in [0.29, 0.717) is 48.3 Å². The molecule has 14 heteroatoms. The molecule has 2 aromatic heterocycles. The normalized spacial score (nSPS) is 27.1. The van der Waals surface area contributed by atoms with Crippen molar-refractivity contribution < 1.29 is 32.5 Å². The molecule has 11 nitrogen and oxygen atoms in total. The molecule has 2 N–H and O–H groups in total. The first kappa shape index (κ1) is 40.8. The number of hydrogen-bond donors (Lipinski definition) is 2. The molecule has 4 atom stereocenters. The molecule has 3 saturated heterocycles. The number of phenols is 1. The molecule has 1 saturated carbocycles. The van der Waals surface area contributed by atoms with Gasteiger partial charge in [0.05, 0.1) is 29.7 Å². The SMILES string of the molecule is C#Cc1c(F)ccc2cc(O)cc(-c3ncc4c(N5CCCCC(NC(=O)C=C)C5)nc(OCC5(C)CC(F)CN5C5CCC(N6CCOC[C@@H]6C)CC5)nc4c3F)c12. The summed E-state index contributed by atoms with van der Waals surface area (Å²) in [5.74, 6) is 0.755. The number of rotatable bonds is 9. The second-order valence-electron chi connectivity index (χ2n) is 16.9. The van der Waals surface area contributed by atoms with Gasteiger partial charge in [-0.15, -0.1) is 6.42 Å². The molecule has 1 amide bonds. The van der Waals surface area contributed by atoms with E-state index >= 15 is 13.2 Å². The third-order valence-electron chi connectivity index (χ3n) is 12.9. The molecule has 4 aromatic rings. The van der Waals surface area contributed by atoms with Crippen molar-refractivity contribution in [3.05, 3.63) is 60.3 Å². The van der Waals surface area contributed by atoms with Crippen molar-refractivity contribution in [2.24, 2.45) is 0 Å². The van der Waals surface area contributed by atoms with E-state index in [-0.39, 0.29) is 70.5 Å². The minimum atomic E-state index is -1.03. The number of nitrogens with zero attached hydrogens (tertiary/aromatic N) is 6. The van der Waals surface area contributed by atoms with Crippen LogP contribution in [0.3, 0.4) is 0 Å². The summed E-state index contributed by atoms with van der Waals surface area (Å²) in [6.45, 7) is 11.6. The lowest BCUT2D eigenvalue weighted by atomic mass is 9.86. The summed E-state index contributed by atoms with van der Waals surface area (Å²) in [7, 11) is 0. The van der Waals surface area contributed by atoms with Crippen LogP contribution in [0, 0.1) is 24.0 Å². The fourth-order valence-corrected chi connectivity index (χ4v) is 10.0. The highest BCUT2D eigenvalue weighted by Crippen LogP contribution is 2.41. The number of anilines is 1. The quantitative estimate of drug-likeness (QED) is 0.140. The summed E-state index contributed by atoms with van der Waals surface area (Å²) >= 11 is 0. The van der Waals surface area contributed by atoms with Crippen LogP contribution in [0.15, 0.2) is 43.1 Å². The molecule has 8 rings (SSSR count). The summed E-state index contributed by atoms with van der Waals surface area (Å²) in [5.41, 5.74) is -0.971. The van der Waals surface area contributed by atoms with Gasteiger partial charge >= 0.3 is 6.01 Å². The molecule has 312 valence electrons. The maximum atomic E-state index is 17.2. The van der Waals surface area contributed by atoms with Crippen molar-refractivity contribution in [2.75, 3.05) is 50.9 Å². The molecule has 4 aliphatic rings. The van der Waals surface area contributed by atoms with E-state index in [4.69, 9.17) is 20.9 Å². The number of phenolic OH excluding ortho intramolecular Hbond substituents is 1. The van der Waals surface area contributed by atoms with Crippen LogP contribution >= 0.6 is 0 Å². The minimum Gasteiger partial charge on any atom is -0.508 e. The molecule has 0 bridgehead atoms. The number of aromatic hydroxyl groups is 1. The van der Waals surface area contributed by atoms with E-state index in [9.17, 15) is 9.90 Å². The standard InChI is InChI=1S/C45H52F3N7O4/c1-5-34-37(47)15-10-28-19-33(56)20-35(39(28)34)41-40(48)42-36(22-49-41)43(53-16-8-7-9-30(24-53)50-38(57)6-2)52-44(51-42)59-26-45(4)21-29(46)23-55(45)32-13-11-31(12-14-32)54-17-18-58-25-27(54)3/h1,6,10,15,19-20,22,27,29-32,56H,2,7-9,11-14,16-18,21,23-26H2,3-4H3,(H,50,57)/t27-,29?,30?,31?,32?,45?/m0/s1. The van der Waals surface area contributed by atoms with Crippen LogP contribution in [0.5, 0.6) is 11.8 Å². The molecule has 3 unspecified atom stereocenters. The summed E-state index contributed by atoms with van der Waals surface area (Å²) < 4.78 is 59.8. The van der Waals surface area contributed by atoms with Gasteiger partial charge in [-0.3, -0.25) is 19.6 Å². The monoisotopic (exact) mass is 811 g/mol. The van der Waals surface area contributed by atoms with E-state index in [2.05, 4.69) is 44.5 Å². The number of aromatic nitrogens is 3. The zero-order valence-corrected chi connectivity index (χ0v) is 33.7. The zero-order valence-electron chi connectivity index (χ0n) is 33.7. The highest BCUT2D eigenvalue weighted by molar-refractivity contribution is 6.03. The Labute approximate surface area is 343 Å². The first-order chi connectivity index (χ1) is 28.5. The molecule has 0 radical (unpaired) electrons. The van der Waals surface area contributed by atoms with Gasteiger partial charge in [-0.2, -0.15) is 9.97 Å². The zero-order chi connectivity index (χ0) is 41.4. The van der Waals surface area contributed by atoms with Gasteiger partial charge < -0.3 is 24.8 Å². The Kier molecular flexibility index (Phi) is 11.7. The van der Waals surface area contributed by atoms with Gasteiger partial charge in [-0.05, 0) is 88.5 Å². The van der Waals surface area contributed by atoms with Gasteiger partial charge in [-0.25, -0.2) is 13.2 Å². The predicted octanol–water partition coefficient (Wildman–Crippen LogP) is 6.68. The molecular formula is C45H52F3N7O4. The highest BCUT2D eigenvalue weighted by Gasteiger charge is 2.47. The van der Waals surface area contributed by atoms with Gasteiger partial charge in [0.1, 0.15) is 41.4 Å². The van der Waals surface area contributed by atoms with Crippen LogP contribution in [-0.4, -0.2) is 118 Å². The summed E-state index contributed by atoms with van der Waals surface area (Å²) in [5, 5.41) is 14.6. The number of morpholine rings is 1. The van der Waals surface area contributed by atoms with E-state index in [1.165, 1.54) is 36.5 Å². The van der Waals surface area contributed by atoms with Crippen molar-refractivity contribution in [3.63, 3.8) is 0 Å². The van der Waals surface area contributed by atoms with Gasteiger partial charge in [0.15, 0.2) is 5.82 Å². The molecule has 1 aliphatic carbocycles. The number of likely N-dealkylation sites (tertiary alicyclic amines) is 1. The molecular weight excluding hydrogens is 760 g/mol. The molecule has 3 aliphatic heterocycles. The number of hydrogen-bond acceptors (Lipinski definition) is 10. The molecule has 59 heavy (non-hydrogen) atoms. The Morgan fingerprint density at radius 1 is 1.14 bits per heavy atom. The Hall–Kier alpha value is -4.97. The third kappa shape index (κ3) is 8.17. The van der Waals surface area contributed by atoms with E-state index in [1.54, 1.807) is 0 Å². The van der Waals surface area contributed by atoms with E-state index in [0.717, 1.165) is 64.7 Å². The topological polar surface area (TPSA) is 116 Å². The number of terminal acetylenes is 1. The fraction of sp³-hybridized carbons (Fsp3) is 0.511. The van der Waals surface area contributed by atoms with Crippen molar-refractivity contribution in [3.8, 4) is 35.4 Å². The van der Waals surface area contributed by atoms with Crippen molar-refractivity contribution in [1.82, 2.24) is 30.1 Å². The van der Waals surface area contributed by atoms with Crippen LogP contribution in [0.25, 0.3) is 32.9 Å². The molecule has 0 spiro atoms. The maximum absolute atomic E-state index is 17.2. The van der Waals surface area contributed by atoms with E-state index in [1.807, 2.05) is 11.8 Å². The predicted molar refractivity (Wildman–Crippen MR) is 221 cm³/mol. The minimum absolute atomic E-state index is 0.0678. The number of fused-ring (bicyclic) bond motifs is 2. The number of amides is 1. The number of halogens is 3. The number of pyridine rings is 1. The Morgan fingerprint density at radius 3 is 2.69 bits per heavy atom. The van der Waals surface area contributed by atoms with Crippen LogP contribution in [-0.2, 0) is 9.53 Å². The lowest BCUT2D eigenvalue weighted by Gasteiger charge is -2.46. The number of ether oxygens (including phenoxy) is 2. The smallest absolute Gasteiger partial charge is 0.319 e. The second kappa shape index (κ2) is 17.0. The van der Waals surface area contributed by atoms with Gasteiger partial charge in [0.2, 0.25) is 5.91 Å². The number of alkyl halides is 1. The van der Waals surface area contributed by atoms with Gasteiger partial charge in [0, 0.05) is 73.9 Å². The number of benzene rings is 2. The number of carbonyl (C=O) groups is 1. The average molecular weight is 812 g/mol. The number of carbonyl (C=O) groups excluding carboxylic acids is 1. The Morgan fingerprint density at radius 2 is 1.93 bits per heavy atom. The van der Waals surface area contributed by atoms with Crippen molar-refractivity contribution in [2.45, 2.75) is 101 Å². The Balaban J connectivity index is 1.15. The maximum Gasteiger partial charge on any atom is 0.319 e. The van der Waals surface area contributed by atoms with Crippen molar-refractivity contribution >= 4 is 33.4 Å². The largest absolute Gasteiger partial charge is 0.508 e. The first-order valence-corrected chi connectivity index (χ1v) is 20.8. The fourth-order valence-electron chi connectivity index (χ4n) is 10.0. The average Bonchev–Trinajstić information content (AvgIpc) is 3.36. The first-order valence-electron chi connectivity index (χ1n) is 20.8. The summed E-state index contributed by atoms with van der Waals surface area (Å²) in [6.07, 6.45) is 14.0. The number of nitrogens with one attached hydrogen (secondary N) is 1. The Bertz CT molecular complexity index is 2280. The van der Waals surface area contributed by atoms with Gasteiger partial charge in [-0.1, -0.05) is 18.6 Å². The second-order valence-corrected chi connectivity index (χ2v) is 16.9. The lowest BCUT2D eigenvalue weighted by molar-refractivity contribution is -0.117. The highest BCUT2D eigenvalue weighted by atomic mass is 19.1. The van der Waals surface area contributed by atoms with Crippen LogP contribution < -0.4 is 15.0 Å². The summed E-state index contributed by atoms with van der Waals surface area (Å²) in [6, 6.07) is 6.11.